The molecule has 1 fully saturated rings. The van der Waals surface area contributed by atoms with E-state index in [1.807, 2.05) is 0 Å². The van der Waals surface area contributed by atoms with Crippen molar-refractivity contribution in [3.63, 3.8) is 0 Å². The standard InChI is InChI=1S/C15H22BrN3O3/c1-11-9-18(10-12(2)22-11)7-3-6-17-15-5-4-13(19(20)21)8-14(15)16/h4-5,8,11-12,17H,3,6-7,9-10H2,1-2H3. The molecule has 1 aliphatic rings. The van der Waals surface area contributed by atoms with E-state index in [1.54, 1.807) is 6.07 Å². The molecule has 1 aromatic carbocycles. The molecule has 1 heterocycles. The van der Waals surface area contributed by atoms with E-state index in [1.165, 1.54) is 12.1 Å². The number of halogens is 1. The Morgan fingerprint density at radius 3 is 2.68 bits per heavy atom. The molecule has 122 valence electrons. The summed E-state index contributed by atoms with van der Waals surface area (Å²) in [4.78, 5) is 12.7. The highest BCUT2D eigenvalue weighted by Gasteiger charge is 2.21. The van der Waals surface area contributed by atoms with Gasteiger partial charge in [0.15, 0.2) is 0 Å². The van der Waals surface area contributed by atoms with Crippen molar-refractivity contribution in [2.24, 2.45) is 0 Å². The van der Waals surface area contributed by atoms with Crippen molar-refractivity contribution in [1.82, 2.24) is 4.90 Å². The predicted molar refractivity (Wildman–Crippen MR) is 90.4 cm³/mol. The highest BCUT2D eigenvalue weighted by atomic mass is 79.9. The van der Waals surface area contributed by atoms with Gasteiger partial charge in [-0.3, -0.25) is 15.0 Å². The topological polar surface area (TPSA) is 67.6 Å². The Hall–Kier alpha value is -1.18. The zero-order valence-electron chi connectivity index (χ0n) is 12.9. The molecule has 1 aliphatic heterocycles. The van der Waals surface area contributed by atoms with Crippen LogP contribution in [0.4, 0.5) is 11.4 Å². The number of non-ortho nitro benzene ring substituents is 1. The van der Waals surface area contributed by atoms with Gasteiger partial charge in [0.25, 0.3) is 5.69 Å². The van der Waals surface area contributed by atoms with Crippen LogP contribution < -0.4 is 5.32 Å². The number of nitro groups is 1. The van der Waals surface area contributed by atoms with Gasteiger partial charge in [0.05, 0.1) is 17.1 Å². The number of morpholine rings is 1. The molecule has 1 N–H and O–H groups in total. The average Bonchev–Trinajstić information content (AvgIpc) is 2.43. The van der Waals surface area contributed by atoms with Gasteiger partial charge >= 0.3 is 0 Å². The van der Waals surface area contributed by atoms with Crippen molar-refractivity contribution in [1.29, 1.82) is 0 Å². The zero-order valence-corrected chi connectivity index (χ0v) is 14.5. The minimum absolute atomic E-state index is 0.0914. The third kappa shape index (κ3) is 4.93. The van der Waals surface area contributed by atoms with Crippen LogP contribution in [0, 0.1) is 10.1 Å². The van der Waals surface area contributed by atoms with E-state index in [4.69, 9.17) is 4.74 Å². The van der Waals surface area contributed by atoms with Gasteiger partial charge in [-0.1, -0.05) is 0 Å². The lowest BCUT2D eigenvalue weighted by atomic mass is 10.2. The molecule has 2 rings (SSSR count). The van der Waals surface area contributed by atoms with Crippen LogP contribution in [-0.2, 0) is 4.74 Å². The van der Waals surface area contributed by atoms with Gasteiger partial charge in [-0.05, 0) is 42.3 Å². The van der Waals surface area contributed by atoms with Gasteiger partial charge in [-0.2, -0.15) is 0 Å². The number of nitrogens with zero attached hydrogens (tertiary/aromatic N) is 2. The molecule has 6 nitrogen and oxygen atoms in total. The van der Waals surface area contributed by atoms with Crippen LogP contribution in [0.15, 0.2) is 22.7 Å². The lowest BCUT2D eigenvalue weighted by Gasteiger charge is -2.35. The van der Waals surface area contributed by atoms with Gasteiger partial charge in [-0.25, -0.2) is 0 Å². The van der Waals surface area contributed by atoms with Crippen LogP contribution in [0.1, 0.15) is 20.3 Å². The second kappa shape index (κ2) is 7.89. The molecule has 2 unspecified atom stereocenters. The molecular formula is C15H22BrN3O3. The molecule has 0 spiro atoms. The second-order valence-corrected chi connectivity index (χ2v) is 6.57. The van der Waals surface area contributed by atoms with Crippen LogP contribution in [0.25, 0.3) is 0 Å². The molecule has 0 radical (unpaired) electrons. The van der Waals surface area contributed by atoms with Crippen molar-refractivity contribution >= 4 is 27.3 Å². The summed E-state index contributed by atoms with van der Waals surface area (Å²) in [7, 11) is 0. The summed E-state index contributed by atoms with van der Waals surface area (Å²) in [6, 6.07) is 4.77. The Morgan fingerprint density at radius 2 is 2.09 bits per heavy atom. The number of nitrogens with one attached hydrogen (secondary N) is 1. The van der Waals surface area contributed by atoms with Crippen LogP contribution in [0.5, 0.6) is 0 Å². The Kier molecular flexibility index (Phi) is 6.16. The molecule has 1 saturated heterocycles. The van der Waals surface area contributed by atoms with Gasteiger partial charge in [-0.15, -0.1) is 0 Å². The van der Waals surface area contributed by atoms with Crippen molar-refractivity contribution in [3.05, 3.63) is 32.8 Å². The van der Waals surface area contributed by atoms with Crippen LogP contribution in [-0.4, -0.2) is 48.2 Å². The van der Waals surface area contributed by atoms with Crippen LogP contribution in [0.2, 0.25) is 0 Å². The van der Waals surface area contributed by atoms with E-state index in [2.05, 4.69) is 40.0 Å². The molecule has 0 amide bonds. The Morgan fingerprint density at radius 1 is 1.41 bits per heavy atom. The highest BCUT2D eigenvalue weighted by molar-refractivity contribution is 9.10. The average molecular weight is 372 g/mol. The van der Waals surface area contributed by atoms with E-state index in [9.17, 15) is 10.1 Å². The largest absolute Gasteiger partial charge is 0.384 e. The summed E-state index contributed by atoms with van der Waals surface area (Å²) < 4.78 is 6.44. The fraction of sp³-hybridized carbons (Fsp3) is 0.600. The second-order valence-electron chi connectivity index (χ2n) is 5.72. The Balaban J connectivity index is 1.76. The minimum atomic E-state index is -0.394. The maximum atomic E-state index is 10.7. The number of anilines is 1. The first-order valence-electron chi connectivity index (χ1n) is 7.51. The number of hydrogen-bond donors (Lipinski definition) is 1. The van der Waals surface area contributed by atoms with Gasteiger partial charge < -0.3 is 10.1 Å². The van der Waals surface area contributed by atoms with E-state index in [0.717, 1.165) is 42.8 Å². The smallest absolute Gasteiger partial charge is 0.270 e. The van der Waals surface area contributed by atoms with Crippen molar-refractivity contribution in [3.8, 4) is 0 Å². The number of benzene rings is 1. The third-order valence-corrected chi connectivity index (χ3v) is 4.28. The van der Waals surface area contributed by atoms with E-state index in [0.29, 0.717) is 12.2 Å². The maximum Gasteiger partial charge on any atom is 0.270 e. The lowest BCUT2D eigenvalue weighted by Crippen LogP contribution is -2.45. The zero-order chi connectivity index (χ0) is 16.1. The van der Waals surface area contributed by atoms with E-state index >= 15 is 0 Å². The lowest BCUT2D eigenvalue weighted by molar-refractivity contribution is -0.384. The molecule has 22 heavy (non-hydrogen) atoms. The van der Waals surface area contributed by atoms with Crippen molar-refractivity contribution in [2.45, 2.75) is 32.5 Å². The molecule has 0 aliphatic carbocycles. The fourth-order valence-electron chi connectivity index (χ4n) is 2.75. The molecule has 0 bridgehead atoms. The Bertz CT molecular complexity index is 517. The van der Waals surface area contributed by atoms with E-state index in [-0.39, 0.29) is 5.69 Å². The van der Waals surface area contributed by atoms with Crippen molar-refractivity contribution < 1.29 is 9.66 Å². The number of rotatable bonds is 6. The first kappa shape index (κ1) is 17.2. The molecule has 0 aromatic heterocycles. The summed E-state index contributed by atoms with van der Waals surface area (Å²) in [6.07, 6.45) is 1.60. The molecule has 7 heteroatoms. The number of nitro benzene ring substituents is 1. The summed E-state index contributed by atoms with van der Waals surface area (Å²) in [5.41, 5.74) is 0.975. The van der Waals surface area contributed by atoms with Crippen LogP contribution in [0.3, 0.4) is 0 Å². The highest BCUT2D eigenvalue weighted by Crippen LogP contribution is 2.27. The SMILES string of the molecule is CC1CN(CCCNc2ccc([N+](=O)[O-])cc2Br)CC(C)O1. The first-order valence-corrected chi connectivity index (χ1v) is 8.30. The monoisotopic (exact) mass is 371 g/mol. The first-order chi connectivity index (χ1) is 10.5. The Labute approximate surface area is 139 Å². The summed E-state index contributed by atoms with van der Waals surface area (Å²) in [6.45, 7) is 8.02. The molecule has 0 saturated carbocycles. The van der Waals surface area contributed by atoms with E-state index < -0.39 is 4.92 Å². The quantitative estimate of drug-likeness (QED) is 0.472. The predicted octanol–water partition coefficient (Wildman–Crippen LogP) is 3.27. The maximum absolute atomic E-state index is 10.7. The van der Waals surface area contributed by atoms with Gasteiger partial charge in [0.2, 0.25) is 0 Å². The van der Waals surface area contributed by atoms with Crippen LogP contribution >= 0.6 is 15.9 Å². The molecule has 2 atom stereocenters. The van der Waals surface area contributed by atoms with Crippen molar-refractivity contribution in [2.75, 3.05) is 31.5 Å². The number of ether oxygens (including phenoxy) is 1. The summed E-state index contributed by atoms with van der Waals surface area (Å²) in [5.74, 6) is 0. The molecular weight excluding hydrogens is 350 g/mol. The third-order valence-electron chi connectivity index (χ3n) is 3.63. The summed E-state index contributed by atoms with van der Waals surface area (Å²) >= 11 is 3.37. The number of hydrogen-bond acceptors (Lipinski definition) is 5. The minimum Gasteiger partial charge on any atom is -0.384 e. The van der Waals surface area contributed by atoms with Gasteiger partial charge in [0, 0.05) is 48.5 Å². The normalized spacial score (nSPS) is 22.5. The van der Waals surface area contributed by atoms with Gasteiger partial charge in [0.1, 0.15) is 0 Å². The summed E-state index contributed by atoms with van der Waals surface area (Å²) in [5, 5.41) is 14.0. The fourth-order valence-corrected chi connectivity index (χ4v) is 3.26. The molecule has 1 aromatic rings.